The minimum absolute atomic E-state index is 0.236. The van der Waals surface area contributed by atoms with Gasteiger partial charge in [-0.2, -0.15) is 19.1 Å². The molecule has 1 saturated heterocycles. The predicted octanol–water partition coefficient (Wildman–Crippen LogP) is 0.124. The highest BCUT2D eigenvalue weighted by molar-refractivity contribution is 7.89. The quantitative estimate of drug-likeness (QED) is 0.745. The van der Waals surface area contributed by atoms with Crippen molar-refractivity contribution >= 4 is 15.5 Å². The number of nitrogens with zero attached hydrogens (tertiary/aromatic N) is 4. The van der Waals surface area contributed by atoms with Crippen molar-refractivity contribution < 1.29 is 8.42 Å². The molecule has 0 bridgehead atoms. The number of rotatable bonds is 2. The molecule has 0 atom stereocenters. The van der Waals surface area contributed by atoms with Crippen molar-refractivity contribution in [1.82, 2.24) is 19.1 Å². The lowest BCUT2D eigenvalue weighted by Crippen LogP contribution is -2.41. The van der Waals surface area contributed by atoms with Crippen LogP contribution in [0.1, 0.15) is 6.42 Å². The summed E-state index contributed by atoms with van der Waals surface area (Å²) in [6.07, 6.45) is 3.85. The van der Waals surface area contributed by atoms with Gasteiger partial charge in [0.2, 0.25) is 10.0 Å². The minimum Gasteiger partial charge on any atom is -0.207 e. The fourth-order valence-corrected chi connectivity index (χ4v) is 3.29. The molecular weight excluding hydrogens is 228 g/mol. The molecule has 6 nitrogen and oxygen atoms in total. The summed E-state index contributed by atoms with van der Waals surface area (Å²) in [5, 5.41) is 7.87. The standard InChI is InChI=1S/C9H10N4O2S/c14-16(15,12-5-2-6-12)9-7-11-13-8(9)3-1-4-10-13/h1,3-4,7H,2,5-6H2. The fourth-order valence-electron chi connectivity index (χ4n) is 1.68. The Morgan fingerprint density at radius 3 is 2.75 bits per heavy atom. The van der Waals surface area contributed by atoms with Gasteiger partial charge in [0.05, 0.1) is 6.20 Å². The zero-order valence-electron chi connectivity index (χ0n) is 8.44. The van der Waals surface area contributed by atoms with E-state index in [4.69, 9.17) is 0 Å². The van der Waals surface area contributed by atoms with Crippen molar-refractivity contribution in [3.8, 4) is 0 Å². The van der Waals surface area contributed by atoms with E-state index in [1.807, 2.05) is 0 Å². The Hall–Kier alpha value is -1.47. The van der Waals surface area contributed by atoms with Gasteiger partial charge in [-0.25, -0.2) is 8.42 Å². The molecule has 0 aliphatic carbocycles. The van der Waals surface area contributed by atoms with Gasteiger partial charge in [0.1, 0.15) is 10.4 Å². The molecule has 84 valence electrons. The summed E-state index contributed by atoms with van der Waals surface area (Å²) in [5.41, 5.74) is 0.523. The molecule has 0 radical (unpaired) electrons. The van der Waals surface area contributed by atoms with Gasteiger partial charge in [0, 0.05) is 19.3 Å². The molecule has 2 aromatic heterocycles. The first kappa shape index (κ1) is 9.73. The molecule has 1 aliphatic heterocycles. The number of hydrogen-bond donors (Lipinski definition) is 0. The van der Waals surface area contributed by atoms with E-state index < -0.39 is 10.0 Å². The van der Waals surface area contributed by atoms with Gasteiger partial charge < -0.3 is 0 Å². The topological polar surface area (TPSA) is 67.6 Å². The third-order valence-corrected chi connectivity index (χ3v) is 4.62. The molecule has 3 heterocycles. The van der Waals surface area contributed by atoms with Gasteiger partial charge in [0.15, 0.2) is 0 Å². The van der Waals surface area contributed by atoms with Crippen molar-refractivity contribution in [1.29, 1.82) is 0 Å². The van der Waals surface area contributed by atoms with Gasteiger partial charge in [-0.3, -0.25) is 0 Å². The van der Waals surface area contributed by atoms with Crippen LogP contribution in [-0.4, -0.2) is 40.6 Å². The molecule has 2 aromatic rings. The molecule has 3 rings (SSSR count). The van der Waals surface area contributed by atoms with Gasteiger partial charge >= 0.3 is 0 Å². The minimum atomic E-state index is -3.38. The highest BCUT2D eigenvalue weighted by Gasteiger charge is 2.31. The lowest BCUT2D eigenvalue weighted by molar-refractivity contribution is 0.309. The summed E-state index contributed by atoms with van der Waals surface area (Å²) >= 11 is 0. The Labute approximate surface area is 92.5 Å². The molecule has 0 spiro atoms. The molecule has 0 unspecified atom stereocenters. The second-order valence-electron chi connectivity index (χ2n) is 3.66. The van der Waals surface area contributed by atoms with E-state index in [0.29, 0.717) is 18.6 Å². The van der Waals surface area contributed by atoms with Crippen molar-refractivity contribution in [3.63, 3.8) is 0 Å². The normalized spacial score (nSPS) is 17.5. The van der Waals surface area contributed by atoms with E-state index in [0.717, 1.165) is 6.42 Å². The Bertz CT molecular complexity index is 630. The van der Waals surface area contributed by atoms with E-state index >= 15 is 0 Å². The summed E-state index contributed by atoms with van der Waals surface area (Å²) in [5.74, 6) is 0. The van der Waals surface area contributed by atoms with Crippen LogP contribution in [0.15, 0.2) is 29.4 Å². The SMILES string of the molecule is O=S(=O)(c1cnn2ncccc12)N1CCC1. The van der Waals surface area contributed by atoms with Crippen LogP contribution in [0.3, 0.4) is 0 Å². The first-order valence-corrected chi connectivity index (χ1v) is 6.43. The monoisotopic (exact) mass is 238 g/mol. The highest BCUT2D eigenvalue weighted by Crippen LogP contribution is 2.23. The zero-order valence-corrected chi connectivity index (χ0v) is 9.26. The molecule has 7 heteroatoms. The van der Waals surface area contributed by atoms with E-state index in [2.05, 4.69) is 10.2 Å². The molecule has 0 saturated carbocycles. The van der Waals surface area contributed by atoms with Crippen LogP contribution in [0.4, 0.5) is 0 Å². The summed E-state index contributed by atoms with van der Waals surface area (Å²) in [6.45, 7) is 1.19. The van der Waals surface area contributed by atoms with Crippen molar-refractivity contribution in [2.45, 2.75) is 11.3 Å². The number of hydrogen-bond acceptors (Lipinski definition) is 4. The maximum Gasteiger partial charge on any atom is 0.246 e. The van der Waals surface area contributed by atoms with Crippen LogP contribution in [-0.2, 0) is 10.0 Å². The third-order valence-electron chi connectivity index (χ3n) is 2.70. The van der Waals surface area contributed by atoms with Crippen LogP contribution >= 0.6 is 0 Å². The molecule has 16 heavy (non-hydrogen) atoms. The average Bonchev–Trinajstić information content (AvgIpc) is 2.57. The first-order chi connectivity index (χ1) is 7.69. The lowest BCUT2D eigenvalue weighted by Gasteiger charge is -2.29. The van der Waals surface area contributed by atoms with Crippen LogP contribution < -0.4 is 0 Å². The Morgan fingerprint density at radius 1 is 1.25 bits per heavy atom. The molecule has 1 fully saturated rings. The fraction of sp³-hybridized carbons (Fsp3) is 0.333. The Morgan fingerprint density at radius 2 is 2.06 bits per heavy atom. The van der Waals surface area contributed by atoms with Gasteiger partial charge in [0.25, 0.3) is 0 Å². The lowest BCUT2D eigenvalue weighted by atomic mass is 10.3. The second-order valence-corrected chi connectivity index (χ2v) is 5.57. The maximum absolute atomic E-state index is 12.1. The van der Waals surface area contributed by atoms with E-state index in [-0.39, 0.29) is 4.90 Å². The van der Waals surface area contributed by atoms with Gasteiger partial charge in [-0.15, -0.1) is 0 Å². The molecular formula is C9H10N4O2S. The number of fused-ring (bicyclic) bond motifs is 1. The summed E-state index contributed by atoms with van der Waals surface area (Å²) in [6, 6.07) is 3.40. The summed E-state index contributed by atoms with van der Waals surface area (Å²) in [4.78, 5) is 0.236. The van der Waals surface area contributed by atoms with E-state index in [1.165, 1.54) is 15.1 Å². The van der Waals surface area contributed by atoms with E-state index in [1.54, 1.807) is 18.3 Å². The third kappa shape index (κ3) is 1.25. The molecule has 0 N–H and O–H groups in total. The van der Waals surface area contributed by atoms with Crippen LogP contribution in [0, 0.1) is 0 Å². The zero-order chi connectivity index (χ0) is 11.2. The number of sulfonamides is 1. The van der Waals surface area contributed by atoms with Crippen LogP contribution in [0.25, 0.3) is 5.52 Å². The second kappa shape index (κ2) is 3.26. The van der Waals surface area contributed by atoms with Gasteiger partial charge in [-0.1, -0.05) is 0 Å². The Balaban J connectivity index is 2.19. The smallest absolute Gasteiger partial charge is 0.207 e. The Kier molecular flexibility index (Phi) is 1.98. The van der Waals surface area contributed by atoms with Gasteiger partial charge in [-0.05, 0) is 18.6 Å². The number of aromatic nitrogens is 3. The highest BCUT2D eigenvalue weighted by atomic mass is 32.2. The molecule has 0 amide bonds. The predicted molar refractivity (Wildman–Crippen MR) is 56.4 cm³/mol. The molecule has 1 aliphatic rings. The molecule has 0 aromatic carbocycles. The first-order valence-electron chi connectivity index (χ1n) is 4.99. The van der Waals surface area contributed by atoms with Crippen molar-refractivity contribution in [3.05, 3.63) is 24.5 Å². The summed E-state index contributed by atoms with van der Waals surface area (Å²) in [7, 11) is -3.38. The maximum atomic E-state index is 12.1. The summed E-state index contributed by atoms with van der Waals surface area (Å²) < 4.78 is 27.1. The van der Waals surface area contributed by atoms with E-state index in [9.17, 15) is 8.42 Å². The van der Waals surface area contributed by atoms with Crippen molar-refractivity contribution in [2.24, 2.45) is 0 Å². The van der Waals surface area contributed by atoms with Crippen molar-refractivity contribution in [2.75, 3.05) is 13.1 Å². The van der Waals surface area contributed by atoms with Crippen LogP contribution in [0.2, 0.25) is 0 Å². The average molecular weight is 238 g/mol. The largest absolute Gasteiger partial charge is 0.246 e. The van der Waals surface area contributed by atoms with Crippen LogP contribution in [0.5, 0.6) is 0 Å².